The number of hydrogen-bond donors (Lipinski definition) is 1. The molecule has 0 saturated carbocycles. The fourth-order valence-corrected chi connectivity index (χ4v) is 3.09. The third-order valence-corrected chi connectivity index (χ3v) is 4.68. The summed E-state index contributed by atoms with van der Waals surface area (Å²) in [6.07, 6.45) is 5.45. The second kappa shape index (κ2) is 8.90. The third kappa shape index (κ3) is 5.23. The molecular weight excluding hydrogens is 316 g/mol. The lowest BCUT2D eigenvalue weighted by molar-refractivity contribution is 0.0797. The topological polar surface area (TPSA) is 50.8 Å². The number of amides is 1. The molecule has 1 aliphatic rings. The van der Waals surface area contributed by atoms with E-state index in [2.05, 4.69) is 30.6 Å². The molecule has 2 rings (SSSR count). The van der Waals surface area contributed by atoms with Gasteiger partial charge < -0.3 is 14.8 Å². The maximum absolute atomic E-state index is 12.5. The first-order valence-electron chi connectivity index (χ1n) is 8.93. The number of hydrogen-bond acceptors (Lipinski definition) is 4. The van der Waals surface area contributed by atoms with Crippen LogP contribution in [0.5, 0.6) is 11.5 Å². The minimum absolute atomic E-state index is 0.0484. The van der Waals surface area contributed by atoms with Crippen molar-refractivity contribution in [3.63, 3.8) is 0 Å². The van der Waals surface area contributed by atoms with Crippen molar-refractivity contribution in [2.45, 2.75) is 38.6 Å². The molecule has 5 nitrogen and oxygen atoms in total. The summed E-state index contributed by atoms with van der Waals surface area (Å²) in [5.41, 5.74) is 0.518. The molecule has 1 aliphatic heterocycles. The van der Waals surface area contributed by atoms with E-state index in [1.54, 1.807) is 31.4 Å². The summed E-state index contributed by atoms with van der Waals surface area (Å²) in [6.45, 7) is 11.2. The first-order chi connectivity index (χ1) is 12.0. The first kappa shape index (κ1) is 19.3. The average molecular weight is 346 g/mol. The fourth-order valence-electron chi connectivity index (χ4n) is 3.09. The maximum Gasteiger partial charge on any atom is 0.251 e. The Morgan fingerprint density at radius 3 is 2.64 bits per heavy atom. The highest BCUT2D eigenvalue weighted by Crippen LogP contribution is 2.28. The molecule has 1 heterocycles. The number of piperidine rings is 1. The Bertz CT molecular complexity index is 593. The highest BCUT2D eigenvalue weighted by molar-refractivity contribution is 5.94. The van der Waals surface area contributed by atoms with Gasteiger partial charge in [-0.2, -0.15) is 0 Å². The number of ether oxygens (including phenoxy) is 2. The van der Waals surface area contributed by atoms with Crippen LogP contribution in [0.2, 0.25) is 0 Å². The van der Waals surface area contributed by atoms with Crippen LogP contribution in [0.1, 0.15) is 43.5 Å². The number of nitrogens with one attached hydrogen (secondary N) is 1. The molecule has 1 N–H and O–H groups in total. The van der Waals surface area contributed by atoms with Crippen LogP contribution in [-0.4, -0.2) is 49.7 Å². The van der Waals surface area contributed by atoms with Crippen molar-refractivity contribution in [1.82, 2.24) is 10.2 Å². The summed E-state index contributed by atoms with van der Waals surface area (Å²) >= 11 is 0. The summed E-state index contributed by atoms with van der Waals surface area (Å²) in [5.74, 6) is 1.05. The Morgan fingerprint density at radius 2 is 2.00 bits per heavy atom. The van der Waals surface area contributed by atoms with Gasteiger partial charge >= 0.3 is 0 Å². The normalized spacial score (nSPS) is 15.5. The Balaban J connectivity index is 1.98. The van der Waals surface area contributed by atoms with Crippen LogP contribution in [0.3, 0.4) is 0 Å². The quantitative estimate of drug-likeness (QED) is 0.734. The zero-order valence-electron chi connectivity index (χ0n) is 15.6. The Labute approximate surface area is 151 Å². The highest BCUT2D eigenvalue weighted by atomic mass is 16.5. The molecule has 0 radical (unpaired) electrons. The van der Waals surface area contributed by atoms with Gasteiger partial charge in [-0.05, 0) is 58.0 Å². The third-order valence-electron chi connectivity index (χ3n) is 4.68. The first-order valence-corrected chi connectivity index (χ1v) is 8.93. The van der Waals surface area contributed by atoms with Crippen LogP contribution in [-0.2, 0) is 0 Å². The van der Waals surface area contributed by atoms with E-state index in [1.165, 1.54) is 19.3 Å². The summed E-state index contributed by atoms with van der Waals surface area (Å²) in [5, 5.41) is 3.06. The van der Waals surface area contributed by atoms with E-state index in [0.717, 1.165) is 13.1 Å². The minimum atomic E-state index is -0.0985. The SMILES string of the molecule is C=CCOc1ccc(C(=O)NCC(C)(C)N2CCCCC2)cc1OC. The van der Waals surface area contributed by atoms with Gasteiger partial charge in [-0.3, -0.25) is 9.69 Å². The summed E-state index contributed by atoms with van der Waals surface area (Å²) in [4.78, 5) is 15.0. The van der Waals surface area contributed by atoms with Crippen LogP contribution in [0.4, 0.5) is 0 Å². The molecular formula is C20H30N2O3. The molecule has 0 bridgehead atoms. The standard InChI is InChI=1S/C20H30N2O3/c1-5-13-25-17-10-9-16(14-18(17)24-4)19(23)21-15-20(2,3)22-11-7-6-8-12-22/h5,9-10,14H,1,6-8,11-13,15H2,2-4H3,(H,21,23). The number of nitrogens with zero attached hydrogens (tertiary/aromatic N) is 1. The van der Waals surface area contributed by atoms with E-state index in [-0.39, 0.29) is 11.4 Å². The van der Waals surface area contributed by atoms with Gasteiger partial charge in [0, 0.05) is 17.6 Å². The van der Waals surface area contributed by atoms with E-state index in [0.29, 0.717) is 30.2 Å². The van der Waals surface area contributed by atoms with Crippen LogP contribution in [0, 0.1) is 0 Å². The van der Waals surface area contributed by atoms with E-state index in [9.17, 15) is 4.79 Å². The molecule has 1 aromatic carbocycles. The van der Waals surface area contributed by atoms with Gasteiger partial charge in [-0.15, -0.1) is 0 Å². The Morgan fingerprint density at radius 1 is 1.28 bits per heavy atom. The molecule has 1 aromatic rings. The average Bonchev–Trinajstić information content (AvgIpc) is 2.65. The molecule has 5 heteroatoms. The zero-order valence-corrected chi connectivity index (χ0v) is 15.6. The van der Waals surface area contributed by atoms with Crippen molar-refractivity contribution in [3.05, 3.63) is 36.4 Å². The van der Waals surface area contributed by atoms with Crippen molar-refractivity contribution in [3.8, 4) is 11.5 Å². The minimum Gasteiger partial charge on any atom is -0.493 e. The second-order valence-electron chi connectivity index (χ2n) is 7.01. The van der Waals surface area contributed by atoms with Gasteiger partial charge in [0.25, 0.3) is 5.91 Å². The largest absolute Gasteiger partial charge is 0.493 e. The molecule has 0 atom stereocenters. The fraction of sp³-hybridized carbons (Fsp3) is 0.550. The predicted molar refractivity (Wildman–Crippen MR) is 101 cm³/mol. The molecule has 1 saturated heterocycles. The number of methoxy groups -OCH3 is 1. The van der Waals surface area contributed by atoms with Crippen LogP contribution in [0.15, 0.2) is 30.9 Å². The van der Waals surface area contributed by atoms with E-state index in [1.807, 2.05) is 0 Å². The van der Waals surface area contributed by atoms with Crippen LogP contribution in [0.25, 0.3) is 0 Å². The number of benzene rings is 1. The van der Waals surface area contributed by atoms with E-state index in [4.69, 9.17) is 9.47 Å². The number of rotatable bonds is 8. The van der Waals surface area contributed by atoms with Gasteiger partial charge in [-0.1, -0.05) is 19.1 Å². The van der Waals surface area contributed by atoms with Crippen LogP contribution >= 0.6 is 0 Å². The molecule has 0 unspecified atom stereocenters. The van der Waals surface area contributed by atoms with Gasteiger partial charge in [0.1, 0.15) is 6.61 Å². The lowest BCUT2D eigenvalue weighted by Gasteiger charge is -2.41. The van der Waals surface area contributed by atoms with Gasteiger partial charge in [0.2, 0.25) is 0 Å². The number of likely N-dealkylation sites (tertiary alicyclic amines) is 1. The van der Waals surface area contributed by atoms with Gasteiger partial charge in [0.05, 0.1) is 7.11 Å². The molecule has 1 fully saturated rings. The highest BCUT2D eigenvalue weighted by Gasteiger charge is 2.28. The number of carbonyl (C=O) groups excluding carboxylic acids is 1. The molecule has 138 valence electrons. The van der Waals surface area contributed by atoms with Gasteiger partial charge in [-0.25, -0.2) is 0 Å². The Hall–Kier alpha value is -2.01. The summed E-state index contributed by atoms with van der Waals surface area (Å²) < 4.78 is 10.9. The summed E-state index contributed by atoms with van der Waals surface area (Å²) in [6, 6.07) is 5.22. The lowest BCUT2D eigenvalue weighted by atomic mass is 9.98. The van der Waals surface area contributed by atoms with Crippen molar-refractivity contribution in [1.29, 1.82) is 0 Å². The second-order valence-corrected chi connectivity index (χ2v) is 7.01. The van der Waals surface area contributed by atoms with Crippen LogP contribution < -0.4 is 14.8 Å². The van der Waals surface area contributed by atoms with E-state index < -0.39 is 0 Å². The van der Waals surface area contributed by atoms with Gasteiger partial charge in [0.15, 0.2) is 11.5 Å². The molecule has 1 amide bonds. The Kier molecular flexibility index (Phi) is 6.88. The lowest BCUT2D eigenvalue weighted by Crippen LogP contribution is -2.53. The predicted octanol–water partition coefficient (Wildman–Crippen LogP) is 3.25. The smallest absolute Gasteiger partial charge is 0.251 e. The molecule has 0 aliphatic carbocycles. The molecule has 25 heavy (non-hydrogen) atoms. The monoisotopic (exact) mass is 346 g/mol. The van der Waals surface area contributed by atoms with E-state index >= 15 is 0 Å². The van der Waals surface area contributed by atoms with Crippen molar-refractivity contribution >= 4 is 5.91 Å². The maximum atomic E-state index is 12.5. The number of carbonyl (C=O) groups is 1. The van der Waals surface area contributed by atoms with Crippen molar-refractivity contribution < 1.29 is 14.3 Å². The van der Waals surface area contributed by atoms with Crippen molar-refractivity contribution in [2.24, 2.45) is 0 Å². The molecule has 0 aromatic heterocycles. The zero-order chi connectivity index (χ0) is 18.3. The summed E-state index contributed by atoms with van der Waals surface area (Å²) in [7, 11) is 1.57. The van der Waals surface area contributed by atoms with Crippen molar-refractivity contribution in [2.75, 3.05) is 33.4 Å². The molecule has 0 spiro atoms.